The van der Waals surface area contributed by atoms with Crippen molar-refractivity contribution in [2.75, 3.05) is 0 Å². The van der Waals surface area contributed by atoms with Crippen molar-refractivity contribution in [1.29, 1.82) is 0 Å². The normalized spacial score (nSPS) is 13.1. The van der Waals surface area contributed by atoms with Gasteiger partial charge < -0.3 is 5.32 Å². The van der Waals surface area contributed by atoms with E-state index in [4.69, 9.17) is 0 Å². The molecule has 0 bridgehead atoms. The minimum absolute atomic E-state index is 0.0573. The molecular weight excluding hydrogens is 234 g/mol. The summed E-state index contributed by atoms with van der Waals surface area (Å²) >= 11 is 0. The van der Waals surface area contributed by atoms with Gasteiger partial charge in [0.1, 0.15) is 0 Å². The SMILES string of the molecule is CC[C@@H](CCc1ccccc1)NC(=O)CC(C)(C)C. The molecular formula is C17H27NO. The molecule has 1 atom stereocenters. The highest BCUT2D eigenvalue weighted by atomic mass is 16.1. The second kappa shape index (κ2) is 7.32. The molecule has 0 aliphatic heterocycles. The summed E-state index contributed by atoms with van der Waals surface area (Å²) in [6.45, 7) is 8.42. The van der Waals surface area contributed by atoms with Crippen LogP contribution in [0.4, 0.5) is 0 Å². The highest BCUT2D eigenvalue weighted by Crippen LogP contribution is 2.18. The summed E-state index contributed by atoms with van der Waals surface area (Å²) in [5, 5.41) is 3.15. The van der Waals surface area contributed by atoms with Gasteiger partial charge in [0.05, 0.1) is 0 Å². The molecule has 0 aliphatic rings. The van der Waals surface area contributed by atoms with E-state index in [1.165, 1.54) is 5.56 Å². The molecule has 2 nitrogen and oxygen atoms in total. The average Bonchev–Trinajstić information content (AvgIpc) is 2.33. The van der Waals surface area contributed by atoms with E-state index in [9.17, 15) is 4.79 Å². The number of nitrogens with one attached hydrogen (secondary N) is 1. The van der Waals surface area contributed by atoms with Crippen molar-refractivity contribution in [2.24, 2.45) is 5.41 Å². The molecule has 0 radical (unpaired) electrons. The third-order valence-electron chi connectivity index (χ3n) is 3.17. The van der Waals surface area contributed by atoms with Crippen LogP contribution in [-0.4, -0.2) is 11.9 Å². The van der Waals surface area contributed by atoms with Crippen LogP contribution in [0.2, 0.25) is 0 Å². The maximum absolute atomic E-state index is 11.9. The molecule has 0 unspecified atom stereocenters. The molecule has 2 heteroatoms. The second-order valence-corrected chi connectivity index (χ2v) is 6.43. The standard InChI is InChI=1S/C17H27NO/c1-5-15(18-16(19)13-17(2,3)4)12-11-14-9-7-6-8-10-14/h6-10,15H,5,11-13H2,1-4H3,(H,18,19)/t15-/m0/s1. The molecule has 1 rings (SSSR count). The second-order valence-electron chi connectivity index (χ2n) is 6.43. The van der Waals surface area contributed by atoms with E-state index in [2.05, 4.69) is 57.3 Å². The largest absolute Gasteiger partial charge is 0.353 e. The molecule has 106 valence electrons. The number of aryl methyl sites for hydroxylation is 1. The van der Waals surface area contributed by atoms with Crippen molar-refractivity contribution in [2.45, 2.75) is 59.4 Å². The summed E-state index contributed by atoms with van der Waals surface area (Å²) in [6.07, 6.45) is 3.61. The topological polar surface area (TPSA) is 29.1 Å². The smallest absolute Gasteiger partial charge is 0.220 e. The maximum Gasteiger partial charge on any atom is 0.220 e. The third-order valence-corrected chi connectivity index (χ3v) is 3.17. The highest BCUT2D eigenvalue weighted by Gasteiger charge is 2.18. The van der Waals surface area contributed by atoms with Crippen molar-refractivity contribution < 1.29 is 4.79 Å². The summed E-state index contributed by atoms with van der Waals surface area (Å²) in [7, 11) is 0. The number of hydrogen-bond acceptors (Lipinski definition) is 1. The van der Waals surface area contributed by atoms with Gasteiger partial charge >= 0.3 is 0 Å². The molecule has 1 amide bonds. The highest BCUT2D eigenvalue weighted by molar-refractivity contribution is 5.76. The molecule has 19 heavy (non-hydrogen) atoms. The molecule has 1 N–H and O–H groups in total. The van der Waals surface area contributed by atoms with Crippen LogP contribution >= 0.6 is 0 Å². The predicted octanol–water partition coefficient (Wildman–Crippen LogP) is 3.95. The van der Waals surface area contributed by atoms with Crippen molar-refractivity contribution in [3.63, 3.8) is 0 Å². The Kier molecular flexibility index (Phi) is 6.07. The molecule has 0 heterocycles. The Morgan fingerprint density at radius 2 is 1.84 bits per heavy atom. The van der Waals surface area contributed by atoms with Gasteiger partial charge in [-0.3, -0.25) is 4.79 Å². The van der Waals surface area contributed by atoms with Crippen LogP contribution in [0, 0.1) is 5.41 Å². The van der Waals surface area contributed by atoms with Gasteiger partial charge in [0.2, 0.25) is 5.91 Å². The molecule has 0 fully saturated rings. The predicted molar refractivity (Wildman–Crippen MR) is 81.1 cm³/mol. The lowest BCUT2D eigenvalue weighted by molar-refractivity contribution is -0.123. The van der Waals surface area contributed by atoms with Crippen LogP contribution < -0.4 is 5.32 Å². The van der Waals surface area contributed by atoms with Gasteiger partial charge in [-0.2, -0.15) is 0 Å². The van der Waals surface area contributed by atoms with Gasteiger partial charge in [0.15, 0.2) is 0 Å². The Labute approximate surface area is 117 Å². The summed E-state index contributed by atoms with van der Waals surface area (Å²) in [5.74, 6) is 0.174. The molecule has 0 aromatic heterocycles. The van der Waals surface area contributed by atoms with Gasteiger partial charge in [-0.05, 0) is 30.2 Å². The van der Waals surface area contributed by atoms with Gasteiger partial charge in [-0.25, -0.2) is 0 Å². The van der Waals surface area contributed by atoms with E-state index >= 15 is 0 Å². The summed E-state index contributed by atoms with van der Waals surface area (Å²) in [5.41, 5.74) is 1.40. The van der Waals surface area contributed by atoms with Crippen molar-refractivity contribution in [3.05, 3.63) is 35.9 Å². The Balaban J connectivity index is 2.39. The minimum atomic E-state index is 0.0573. The van der Waals surface area contributed by atoms with E-state index in [0.29, 0.717) is 6.42 Å². The van der Waals surface area contributed by atoms with Crippen molar-refractivity contribution >= 4 is 5.91 Å². The minimum Gasteiger partial charge on any atom is -0.353 e. The zero-order chi connectivity index (χ0) is 14.3. The summed E-state index contributed by atoms with van der Waals surface area (Å²) in [4.78, 5) is 11.9. The number of carbonyl (C=O) groups excluding carboxylic acids is 1. The van der Waals surface area contributed by atoms with Crippen LogP contribution in [-0.2, 0) is 11.2 Å². The number of carbonyl (C=O) groups is 1. The van der Waals surface area contributed by atoms with Gasteiger partial charge in [0.25, 0.3) is 0 Å². The van der Waals surface area contributed by atoms with Gasteiger partial charge in [0, 0.05) is 12.5 Å². The zero-order valence-electron chi connectivity index (χ0n) is 12.7. The van der Waals surface area contributed by atoms with E-state index < -0.39 is 0 Å². The first-order valence-corrected chi connectivity index (χ1v) is 7.24. The van der Waals surface area contributed by atoms with E-state index in [1.54, 1.807) is 0 Å². The zero-order valence-corrected chi connectivity index (χ0v) is 12.7. The first kappa shape index (κ1) is 15.7. The molecule has 1 aromatic carbocycles. The number of hydrogen-bond donors (Lipinski definition) is 1. The van der Waals surface area contributed by atoms with Crippen molar-refractivity contribution in [3.8, 4) is 0 Å². The van der Waals surface area contributed by atoms with Crippen molar-refractivity contribution in [1.82, 2.24) is 5.32 Å². The molecule has 1 aromatic rings. The lowest BCUT2D eigenvalue weighted by atomic mass is 9.91. The molecule has 0 spiro atoms. The monoisotopic (exact) mass is 261 g/mol. The van der Waals surface area contributed by atoms with E-state index in [1.807, 2.05) is 6.07 Å². The number of rotatable bonds is 6. The Bertz CT molecular complexity index is 378. The third kappa shape index (κ3) is 7.00. The Hall–Kier alpha value is -1.31. The first-order valence-electron chi connectivity index (χ1n) is 7.24. The maximum atomic E-state index is 11.9. The van der Waals surface area contributed by atoms with Crippen LogP contribution in [0.1, 0.15) is 52.5 Å². The first-order chi connectivity index (χ1) is 8.90. The quantitative estimate of drug-likeness (QED) is 0.825. The van der Waals surface area contributed by atoms with Crippen LogP contribution in [0.5, 0.6) is 0 Å². The Morgan fingerprint density at radius 3 is 2.37 bits per heavy atom. The van der Waals surface area contributed by atoms with E-state index in [-0.39, 0.29) is 17.4 Å². The molecule has 0 saturated carbocycles. The summed E-state index contributed by atoms with van der Waals surface area (Å²) in [6, 6.07) is 10.7. The lowest BCUT2D eigenvalue weighted by Gasteiger charge is -2.21. The lowest BCUT2D eigenvalue weighted by Crippen LogP contribution is -2.36. The average molecular weight is 261 g/mol. The fraction of sp³-hybridized carbons (Fsp3) is 0.588. The van der Waals surface area contributed by atoms with Crippen LogP contribution in [0.25, 0.3) is 0 Å². The molecule has 0 saturated heterocycles. The fourth-order valence-electron chi connectivity index (χ4n) is 2.12. The number of amides is 1. The Morgan fingerprint density at radius 1 is 1.21 bits per heavy atom. The van der Waals surface area contributed by atoms with Crippen LogP contribution in [0.15, 0.2) is 30.3 Å². The summed E-state index contributed by atoms with van der Waals surface area (Å²) < 4.78 is 0. The van der Waals surface area contributed by atoms with Crippen LogP contribution in [0.3, 0.4) is 0 Å². The van der Waals surface area contributed by atoms with E-state index in [0.717, 1.165) is 19.3 Å². The van der Waals surface area contributed by atoms with Gasteiger partial charge in [-0.15, -0.1) is 0 Å². The molecule has 0 aliphatic carbocycles. The van der Waals surface area contributed by atoms with Gasteiger partial charge in [-0.1, -0.05) is 58.0 Å². The fourth-order valence-corrected chi connectivity index (χ4v) is 2.12. The number of benzene rings is 1.